The van der Waals surface area contributed by atoms with E-state index < -0.39 is 0 Å². The molecule has 2 heteroatoms. The molecule has 2 rings (SSSR count). The maximum Gasteiger partial charge on any atom is 0.0994 e. The van der Waals surface area contributed by atoms with Gasteiger partial charge in [0.1, 0.15) is 0 Å². The van der Waals surface area contributed by atoms with Gasteiger partial charge < -0.3 is 4.90 Å². The van der Waals surface area contributed by atoms with E-state index in [1.165, 1.54) is 16.7 Å². The average molecular weight is 228 g/mol. The van der Waals surface area contributed by atoms with Crippen LogP contribution in [-0.2, 0) is 19.4 Å². The van der Waals surface area contributed by atoms with Crippen LogP contribution in [0.4, 0.5) is 0 Å². The molecule has 0 bridgehead atoms. The number of nitrogens with zero attached hydrogens (tertiary/aromatic N) is 2. The van der Waals surface area contributed by atoms with Gasteiger partial charge in [0.05, 0.1) is 11.6 Å². The second-order valence-electron chi connectivity index (χ2n) is 5.43. The zero-order valence-corrected chi connectivity index (χ0v) is 11.0. The van der Waals surface area contributed by atoms with Crippen molar-refractivity contribution in [3.8, 4) is 6.07 Å². The van der Waals surface area contributed by atoms with Gasteiger partial charge in [-0.05, 0) is 48.6 Å². The summed E-state index contributed by atoms with van der Waals surface area (Å²) in [6, 6.07) is 6.48. The Morgan fingerprint density at radius 1 is 1.41 bits per heavy atom. The topological polar surface area (TPSA) is 27.0 Å². The van der Waals surface area contributed by atoms with Gasteiger partial charge in [-0.1, -0.05) is 19.9 Å². The molecule has 1 aromatic carbocycles. The minimum atomic E-state index is 0.605. The van der Waals surface area contributed by atoms with E-state index in [4.69, 9.17) is 0 Å². The molecule has 1 aliphatic heterocycles. The van der Waals surface area contributed by atoms with Gasteiger partial charge in [0.2, 0.25) is 0 Å². The van der Waals surface area contributed by atoms with Crippen molar-refractivity contribution in [1.29, 1.82) is 5.26 Å². The second-order valence-corrected chi connectivity index (χ2v) is 5.43. The first-order chi connectivity index (χ1) is 8.11. The number of nitriles is 1. The molecular weight excluding hydrogens is 208 g/mol. The molecule has 0 radical (unpaired) electrons. The van der Waals surface area contributed by atoms with Gasteiger partial charge in [-0.3, -0.25) is 0 Å². The van der Waals surface area contributed by atoms with E-state index in [9.17, 15) is 5.26 Å². The van der Waals surface area contributed by atoms with Gasteiger partial charge in [0.25, 0.3) is 0 Å². The molecule has 1 aromatic rings. The monoisotopic (exact) mass is 228 g/mol. The molecule has 0 fully saturated rings. The van der Waals surface area contributed by atoms with Gasteiger partial charge in [-0.15, -0.1) is 0 Å². The predicted molar refractivity (Wildman–Crippen MR) is 69.7 cm³/mol. The van der Waals surface area contributed by atoms with Crippen molar-refractivity contribution >= 4 is 0 Å². The first-order valence-electron chi connectivity index (χ1n) is 6.34. The fourth-order valence-electron chi connectivity index (χ4n) is 2.62. The van der Waals surface area contributed by atoms with E-state index in [0.29, 0.717) is 5.92 Å². The number of rotatable bonds is 2. The highest BCUT2D eigenvalue weighted by Gasteiger charge is 2.19. The van der Waals surface area contributed by atoms with Crippen molar-refractivity contribution in [1.82, 2.24) is 4.90 Å². The third-order valence-electron chi connectivity index (χ3n) is 3.44. The van der Waals surface area contributed by atoms with Crippen LogP contribution < -0.4 is 0 Å². The Morgan fingerprint density at radius 3 is 2.82 bits per heavy atom. The number of likely N-dealkylation sites (N-methyl/N-ethyl adjacent to an activating group) is 1. The van der Waals surface area contributed by atoms with Crippen LogP contribution in [0.15, 0.2) is 12.1 Å². The lowest BCUT2D eigenvalue weighted by atomic mass is 9.87. The molecule has 90 valence electrons. The Bertz CT molecular complexity index is 455. The lowest BCUT2D eigenvalue weighted by Gasteiger charge is -2.27. The summed E-state index contributed by atoms with van der Waals surface area (Å²) in [5.41, 5.74) is 5.03. The van der Waals surface area contributed by atoms with Gasteiger partial charge in [0, 0.05) is 13.1 Å². The highest BCUT2D eigenvalue weighted by Crippen LogP contribution is 2.26. The maximum atomic E-state index is 9.22. The van der Waals surface area contributed by atoms with Crippen LogP contribution in [0, 0.1) is 17.2 Å². The van der Waals surface area contributed by atoms with Crippen molar-refractivity contribution in [3.05, 3.63) is 34.4 Å². The SMILES string of the molecule is CC(C)Cc1c(C#N)ccc2c1CCN(C)C2. The molecule has 0 saturated heterocycles. The number of hydrogen-bond acceptors (Lipinski definition) is 2. The second kappa shape index (κ2) is 4.89. The molecule has 0 unspecified atom stereocenters. The normalized spacial score (nSPS) is 15.7. The molecule has 17 heavy (non-hydrogen) atoms. The largest absolute Gasteiger partial charge is 0.302 e. The molecule has 0 spiro atoms. The summed E-state index contributed by atoms with van der Waals surface area (Å²) in [5.74, 6) is 0.605. The average Bonchev–Trinajstić information content (AvgIpc) is 2.28. The number of benzene rings is 1. The summed E-state index contributed by atoms with van der Waals surface area (Å²) in [4.78, 5) is 2.34. The van der Waals surface area contributed by atoms with Gasteiger partial charge >= 0.3 is 0 Å². The van der Waals surface area contributed by atoms with Crippen LogP contribution in [0.3, 0.4) is 0 Å². The van der Waals surface area contributed by atoms with Crippen LogP contribution in [0.25, 0.3) is 0 Å². The molecule has 2 nitrogen and oxygen atoms in total. The van der Waals surface area contributed by atoms with Gasteiger partial charge in [-0.25, -0.2) is 0 Å². The Kier molecular flexibility index (Phi) is 3.49. The van der Waals surface area contributed by atoms with Crippen LogP contribution in [-0.4, -0.2) is 18.5 Å². The maximum absolute atomic E-state index is 9.22. The summed E-state index contributed by atoms with van der Waals surface area (Å²) in [6.07, 6.45) is 2.11. The lowest BCUT2D eigenvalue weighted by Crippen LogP contribution is -2.27. The predicted octanol–water partition coefficient (Wildman–Crippen LogP) is 2.74. The zero-order valence-electron chi connectivity index (χ0n) is 11.0. The first-order valence-corrected chi connectivity index (χ1v) is 6.34. The fraction of sp³-hybridized carbons (Fsp3) is 0.533. The fourth-order valence-corrected chi connectivity index (χ4v) is 2.62. The number of fused-ring (bicyclic) bond motifs is 1. The summed E-state index contributed by atoms with van der Waals surface area (Å²) in [5, 5.41) is 9.22. The Labute approximate surface area is 104 Å². The first kappa shape index (κ1) is 12.1. The van der Waals surface area contributed by atoms with E-state index in [0.717, 1.165) is 31.5 Å². The third kappa shape index (κ3) is 2.50. The number of hydrogen-bond donors (Lipinski definition) is 0. The van der Waals surface area contributed by atoms with E-state index in [1.807, 2.05) is 6.07 Å². The van der Waals surface area contributed by atoms with Crippen molar-refractivity contribution in [3.63, 3.8) is 0 Å². The van der Waals surface area contributed by atoms with E-state index in [-0.39, 0.29) is 0 Å². The molecule has 0 N–H and O–H groups in total. The molecular formula is C15H20N2. The molecule has 1 heterocycles. The van der Waals surface area contributed by atoms with Crippen molar-refractivity contribution in [2.24, 2.45) is 5.92 Å². The summed E-state index contributed by atoms with van der Waals surface area (Å²) in [7, 11) is 2.16. The minimum absolute atomic E-state index is 0.605. The molecule has 0 aliphatic carbocycles. The highest BCUT2D eigenvalue weighted by molar-refractivity contribution is 5.48. The summed E-state index contributed by atoms with van der Waals surface area (Å²) in [6.45, 7) is 6.56. The lowest BCUT2D eigenvalue weighted by molar-refractivity contribution is 0.312. The molecule has 0 amide bonds. The van der Waals surface area contributed by atoms with Crippen LogP contribution in [0.1, 0.15) is 36.1 Å². The Hall–Kier alpha value is -1.33. The van der Waals surface area contributed by atoms with Crippen LogP contribution in [0.5, 0.6) is 0 Å². The molecule has 1 aliphatic rings. The van der Waals surface area contributed by atoms with Crippen molar-refractivity contribution < 1.29 is 0 Å². The minimum Gasteiger partial charge on any atom is -0.302 e. The molecule has 0 atom stereocenters. The molecule has 0 aromatic heterocycles. The standard InChI is InChI=1S/C15H20N2/c1-11(2)8-15-12(9-16)4-5-13-10-17(3)7-6-14(13)15/h4-5,11H,6-8,10H2,1-3H3. The quantitative estimate of drug-likeness (QED) is 0.778. The van der Waals surface area contributed by atoms with E-state index in [1.54, 1.807) is 0 Å². The summed E-state index contributed by atoms with van der Waals surface area (Å²) >= 11 is 0. The van der Waals surface area contributed by atoms with Gasteiger partial charge in [-0.2, -0.15) is 5.26 Å². The Balaban J connectivity index is 2.46. The smallest absolute Gasteiger partial charge is 0.0994 e. The molecule has 0 saturated carbocycles. The van der Waals surface area contributed by atoms with E-state index in [2.05, 4.69) is 37.9 Å². The zero-order chi connectivity index (χ0) is 12.4. The van der Waals surface area contributed by atoms with Gasteiger partial charge in [0.15, 0.2) is 0 Å². The van der Waals surface area contributed by atoms with Crippen LogP contribution >= 0.6 is 0 Å². The highest BCUT2D eigenvalue weighted by atomic mass is 15.1. The van der Waals surface area contributed by atoms with Crippen molar-refractivity contribution in [2.45, 2.75) is 33.2 Å². The van der Waals surface area contributed by atoms with Crippen LogP contribution in [0.2, 0.25) is 0 Å². The Morgan fingerprint density at radius 2 is 2.18 bits per heavy atom. The van der Waals surface area contributed by atoms with E-state index >= 15 is 0 Å². The summed E-state index contributed by atoms with van der Waals surface area (Å²) < 4.78 is 0. The van der Waals surface area contributed by atoms with Crippen molar-refractivity contribution in [2.75, 3.05) is 13.6 Å². The third-order valence-corrected chi connectivity index (χ3v) is 3.44.